The minimum atomic E-state index is -3.72. The second-order valence-corrected chi connectivity index (χ2v) is 8.31. The fraction of sp³-hybridized carbons (Fsp3) is 0.217. The van der Waals surface area contributed by atoms with Gasteiger partial charge in [0.2, 0.25) is 10.0 Å². The van der Waals surface area contributed by atoms with Crippen LogP contribution in [0.25, 0.3) is 0 Å². The van der Waals surface area contributed by atoms with Crippen LogP contribution in [0.3, 0.4) is 0 Å². The summed E-state index contributed by atoms with van der Waals surface area (Å²) in [5.41, 5.74) is 2.71. The number of hydrogen-bond acceptors (Lipinski definition) is 4. The molecule has 0 atom stereocenters. The highest BCUT2D eigenvalue weighted by molar-refractivity contribution is 7.89. The number of hydrogen-bond donors (Lipinski definition) is 1. The van der Waals surface area contributed by atoms with Gasteiger partial charge in [0.1, 0.15) is 11.5 Å². The average Bonchev–Trinajstić information content (AvgIpc) is 2.78. The zero-order valence-electron chi connectivity index (χ0n) is 16.8. The van der Waals surface area contributed by atoms with Crippen molar-refractivity contribution in [2.75, 3.05) is 14.2 Å². The van der Waals surface area contributed by atoms with Gasteiger partial charge < -0.3 is 9.47 Å². The molecule has 0 spiro atoms. The van der Waals surface area contributed by atoms with Crippen LogP contribution < -0.4 is 14.2 Å². The number of ether oxygens (including phenoxy) is 2. The number of rotatable bonds is 8. The SMILES string of the molecule is CCc1ccc(S(=O)(=O)NC(c2ccc(OC)cc2)c2ccc(OC)cc2)cc1. The van der Waals surface area contributed by atoms with Crippen LogP contribution in [0, 0.1) is 0 Å². The summed E-state index contributed by atoms with van der Waals surface area (Å²) in [7, 11) is -0.533. The largest absolute Gasteiger partial charge is 0.497 e. The monoisotopic (exact) mass is 411 g/mol. The van der Waals surface area contributed by atoms with E-state index in [2.05, 4.69) is 4.72 Å². The third-order valence-corrected chi connectivity index (χ3v) is 6.25. The molecule has 0 heterocycles. The van der Waals surface area contributed by atoms with E-state index in [1.165, 1.54) is 0 Å². The molecule has 3 aromatic carbocycles. The van der Waals surface area contributed by atoms with Gasteiger partial charge in [0.25, 0.3) is 0 Å². The summed E-state index contributed by atoms with van der Waals surface area (Å²) in [6.45, 7) is 2.03. The summed E-state index contributed by atoms with van der Waals surface area (Å²) in [4.78, 5) is 0.238. The Bertz CT molecular complexity index is 980. The number of aryl methyl sites for hydroxylation is 1. The molecule has 152 valence electrons. The predicted molar refractivity (Wildman–Crippen MR) is 114 cm³/mol. The van der Waals surface area contributed by atoms with Gasteiger partial charge >= 0.3 is 0 Å². The van der Waals surface area contributed by atoms with Crippen molar-refractivity contribution < 1.29 is 17.9 Å². The molecule has 0 saturated heterocycles. The maximum absolute atomic E-state index is 13.1. The number of nitrogens with one attached hydrogen (secondary N) is 1. The fourth-order valence-electron chi connectivity index (χ4n) is 3.05. The fourth-order valence-corrected chi connectivity index (χ4v) is 4.26. The van der Waals surface area contributed by atoms with Crippen LogP contribution in [0.1, 0.15) is 29.7 Å². The predicted octanol–water partition coefficient (Wildman–Crippen LogP) is 4.33. The molecule has 5 nitrogen and oxygen atoms in total. The van der Waals surface area contributed by atoms with Gasteiger partial charge in [-0.1, -0.05) is 43.3 Å². The molecule has 0 bridgehead atoms. The lowest BCUT2D eigenvalue weighted by molar-refractivity contribution is 0.414. The number of methoxy groups -OCH3 is 2. The van der Waals surface area contributed by atoms with E-state index >= 15 is 0 Å². The van der Waals surface area contributed by atoms with E-state index in [0.717, 1.165) is 23.1 Å². The first kappa shape index (κ1) is 20.9. The molecule has 0 aliphatic rings. The van der Waals surface area contributed by atoms with Crippen LogP contribution >= 0.6 is 0 Å². The Labute approximate surface area is 172 Å². The summed E-state index contributed by atoms with van der Waals surface area (Å²) in [5, 5.41) is 0. The van der Waals surface area contributed by atoms with Crippen molar-refractivity contribution in [1.29, 1.82) is 0 Å². The maximum atomic E-state index is 13.1. The first-order chi connectivity index (χ1) is 14.0. The Hall–Kier alpha value is -2.83. The molecule has 6 heteroatoms. The Kier molecular flexibility index (Phi) is 6.56. The Morgan fingerprint density at radius 1 is 0.759 bits per heavy atom. The van der Waals surface area contributed by atoms with Gasteiger partial charge in [0, 0.05) is 0 Å². The third-order valence-electron chi connectivity index (χ3n) is 4.81. The van der Waals surface area contributed by atoms with Crippen LogP contribution in [-0.4, -0.2) is 22.6 Å². The molecule has 0 fully saturated rings. The maximum Gasteiger partial charge on any atom is 0.241 e. The molecular weight excluding hydrogens is 386 g/mol. The van der Waals surface area contributed by atoms with E-state index < -0.39 is 16.1 Å². The molecule has 0 radical (unpaired) electrons. The highest BCUT2D eigenvalue weighted by atomic mass is 32.2. The molecule has 0 aliphatic heterocycles. The molecule has 3 aromatic rings. The quantitative estimate of drug-likeness (QED) is 0.599. The van der Waals surface area contributed by atoms with Gasteiger partial charge in [-0.05, 0) is 59.5 Å². The molecule has 0 aliphatic carbocycles. The van der Waals surface area contributed by atoms with Gasteiger partial charge in [-0.25, -0.2) is 8.42 Å². The molecule has 0 amide bonds. The molecule has 29 heavy (non-hydrogen) atoms. The summed E-state index contributed by atoms with van der Waals surface area (Å²) >= 11 is 0. The molecule has 0 aromatic heterocycles. The molecular formula is C23H25NO4S. The van der Waals surface area contributed by atoms with Gasteiger partial charge in [-0.2, -0.15) is 4.72 Å². The lowest BCUT2D eigenvalue weighted by atomic mass is 9.99. The Morgan fingerprint density at radius 2 is 1.21 bits per heavy atom. The summed E-state index contributed by atoms with van der Waals surface area (Å²) in [6, 6.07) is 21.1. The van der Waals surface area contributed by atoms with E-state index in [9.17, 15) is 8.42 Å². The highest BCUT2D eigenvalue weighted by Gasteiger charge is 2.23. The lowest BCUT2D eigenvalue weighted by Crippen LogP contribution is -2.29. The number of benzene rings is 3. The van der Waals surface area contributed by atoms with E-state index in [-0.39, 0.29) is 4.90 Å². The zero-order chi connectivity index (χ0) is 20.9. The smallest absolute Gasteiger partial charge is 0.241 e. The van der Waals surface area contributed by atoms with Crippen LogP contribution in [-0.2, 0) is 16.4 Å². The van der Waals surface area contributed by atoms with Gasteiger partial charge in [-0.3, -0.25) is 0 Å². The summed E-state index contributed by atoms with van der Waals surface area (Å²) in [6.07, 6.45) is 0.855. The van der Waals surface area contributed by atoms with Crippen molar-refractivity contribution in [2.45, 2.75) is 24.3 Å². The van der Waals surface area contributed by atoms with E-state index in [4.69, 9.17) is 9.47 Å². The van der Waals surface area contributed by atoms with E-state index in [1.54, 1.807) is 26.4 Å². The van der Waals surface area contributed by atoms with Gasteiger partial charge in [0.15, 0.2) is 0 Å². The Morgan fingerprint density at radius 3 is 1.59 bits per heavy atom. The second-order valence-electron chi connectivity index (χ2n) is 6.60. The van der Waals surface area contributed by atoms with Crippen LogP contribution in [0.15, 0.2) is 77.7 Å². The van der Waals surface area contributed by atoms with Crippen molar-refractivity contribution in [1.82, 2.24) is 4.72 Å². The van der Waals surface area contributed by atoms with Crippen molar-refractivity contribution >= 4 is 10.0 Å². The topological polar surface area (TPSA) is 64.6 Å². The van der Waals surface area contributed by atoms with E-state index in [0.29, 0.717) is 11.5 Å². The minimum Gasteiger partial charge on any atom is -0.497 e. The average molecular weight is 412 g/mol. The first-order valence-electron chi connectivity index (χ1n) is 9.36. The second kappa shape index (κ2) is 9.11. The van der Waals surface area contributed by atoms with Crippen molar-refractivity contribution in [3.8, 4) is 11.5 Å². The standard InChI is InChI=1S/C23H25NO4S/c1-4-17-5-15-22(16-6-17)29(25,26)24-23(18-7-11-20(27-2)12-8-18)19-9-13-21(28-3)14-10-19/h5-16,23-24H,4H2,1-3H3. The van der Waals surface area contributed by atoms with Crippen LogP contribution in [0.5, 0.6) is 11.5 Å². The molecule has 0 unspecified atom stereocenters. The minimum absolute atomic E-state index is 0.238. The first-order valence-corrected chi connectivity index (χ1v) is 10.8. The Balaban J connectivity index is 1.98. The summed E-state index contributed by atoms with van der Waals surface area (Å²) < 4.78 is 39.4. The van der Waals surface area contributed by atoms with Crippen LogP contribution in [0.4, 0.5) is 0 Å². The molecule has 1 N–H and O–H groups in total. The number of sulfonamides is 1. The normalized spacial score (nSPS) is 11.4. The third kappa shape index (κ3) is 4.96. The van der Waals surface area contributed by atoms with Gasteiger partial charge in [-0.15, -0.1) is 0 Å². The molecule has 3 rings (SSSR count). The van der Waals surface area contributed by atoms with Crippen molar-refractivity contribution in [3.63, 3.8) is 0 Å². The highest BCUT2D eigenvalue weighted by Crippen LogP contribution is 2.28. The van der Waals surface area contributed by atoms with Crippen molar-refractivity contribution in [2.24, 2.45) is 0 Å². The van der Waals surface area contributed by atoms with Crippen LogP contribution in [0.2, 0.25) is 0 Å². The molecule has 0 saturated carbocycles. The lowest BCUT2D eigenvalue weighted by Gasteiger charge is -2.20. The zero-order valence-corrected chi connectivity index (χ0v) is 17.6. The summed E-state index contributed by atoms with van der Waals surface area (Å²) in [5.74, 6) is 1.42. The van der Waals surface area contributed by atoms with Gasteiger partial charge in [0.05, 0.1) is 25.2 Å². The van der Waals surface area contributed by atoms with E-state index in [1.807, 2.05) is 67.6 Å². The van der Waals surface area contributed by atoms with Crippen molar-refractivity contribution in [3.05, 3.63) is 89.5 Å².